The van der Waals surface area contributed by atoms with Gasteiger partial charge in [0.2, 0.25) is 7.28 Å². The molecule has 0 unspecified atom stereocenters. The minimum atomic E-state index is 0.838. The molecule has 3 rings (SSSR count). The van der Waals surface area contributed by atoms with Gasteiger partial charge in [0.15, 0.2) is 0 Å². The second-order valence-corrected chi connectivity index (χ2v) is 5.77. The highest BCUT2D eigenvalue weighted by Crippen LogP contribution is 2.14. The molecule has 3 aromatic rings. The highest BCUT2D eigenvalue weighted by Gasteiger charge is 2.07. The number of rotatable bonds is 6. The van der Waals surface area contributed by atoms with Crippen LogP contribution in [0.5, 0.6) is 0 Å². The predicted octanol–water partition coefficient (Wildman–Crippen LogP) is 3.04. The number of aryl methyl sites for hydroxylation is 2. The Kier molecular flexibility index (Phi) is 4.97. The summed E-state index contributed by atoms with van der Waals surface area (Å²) in [6.45, 7) is 0.960. The Morgan fingerprint density at radius 3 is 2.59 bits per heavy atom. The van der Waals surface area contributed by atoms with Crippen molar-refractivity contribution in [2.45, 2.75) is 19.3 Å². The standard InChI is InChI=1S/C18H18BClN2/c20-17-9-5-4-8-16(17)14-19-18-21-11-13-22(18)12-10-15-6-2-1-3-7-15/h1-9,11,13,19H,10,12,14H2. The van der Waals surface area contributed by atoms with Crippen molar-refractivity contribution in [3.8, 4) is 0 Å². The first-order valence-corrected chi connectivity index (χ1v) is 7.98. The van der Waals surface area contributed by atoms with Gasteiger partial charge in [0.25, 0.3) is 0 Å². The normalized spacial score (nSPS) is 10.6. The lowest BCUT2D eigenvalue weighted by Gasteiger charge is -2.08. The molecule has 0 atom stereocenters. The number of halogens is 1. The van der Waals surface area contributed by atoms with Gasteiger partial charge in [-0.15, -0.1) is 0 Å². The zero-order valence-corrected chi connectivity index (χ0v) is 13.2. The van der Waals surface area contributed by atoms with Crippen molar-refractivity contribution in [1.82, 2.24) is 9.55 Å². The quantitative estimate of drug-likeness (QED) is 0.640. The topological polar surface area (TPSA) is 17.8 Å². The Morgan fingerprint density at radius 1 is 1.00 bits per heavy atom. The molecular weight excluding hydrogens is 290 g/mol. The van der Waals surface area contributed by atoms with Gasteiger partial charge in [0.05, 0.1) is 5.72 Å². The van der Waals surface area contributed by atoms with Crippen LogP contribution in [0, 0.1) is 0 Å². The van der Waals surface area contributed by atoms with Crippen LogP contribution in [0.3, 0.4) is 0 Å². The molecule has 22 heavy (non-hydrogen) atoms. The van der Waals surface area contributed by atoms with Crippen LogP contribution in [-0.2, 0) is 19.3 Å². The maximum Gasteiger partial charge on any atom is 0.209 e. The smallest absolute Gasteiger partial charge is 0.209 e. The highest BCUT2D eigenvalue weighted by molar-refractivity contribution is 6.51. The number of benzene rings is 2. The van der Waals surface area contributed by atoms with Gasteiger partial charge < -0.3 is 4.57 Å². The summed E-state index contributed by atoms with van der Waals surface area (Å²) in [7, 11) is 0.908. The van der Waals surface area contributed by atoms with Crippen molar-refractivity contribution in [3.63, 3.8) is 0 Å². The Hall–Kier alpha value is -2.00. The number of hydrogen-bond donors (Lipinski definition) is 0. The zero-order valence-electron chi connectivity index (χ0n) is 12.5. The van der Waals surface area contributed by atoms with Crippen LogP contribution in [0.25, 0.3) is 0 Å². The Morgan fingerprint density at radius 2 is 1.77 bits per heavy atom. The van der Waals surface area contributed by atoms with Crippen LogP contribution in [0.15, 0.2) is 67.0 Å². The van der Waals surface area contributed by atoms with Crippen LogP contribution < -0.4 is 5.72 Å². The summed E-state index contributed by atoms with van der Waals surface area (Å²) in [6.07, 6.45) is 5.89. The Bertz CT molecular complexity index is 725. The fourth-order valence-electron chi connectivity index (χ4n) is 2.61. The fraction of sp³-hybridized carbons (Fsp3) is 0.167. The lowest BCUT2D eigenvalue weighted by atomic mass is 9.71. The fourth-order valence-corrected chi connectivity index (χ4v) is 2.84. The third-order valence-electron chi connectivity index (χ3n) is 3.86. The first-order valence-electron chi connectivity index (χ1n) is 7.60. The van der Waals surface area contributed by atoms with Crippen molar-refractivity contribution >= 4 is 24.6 Å². The maximum absolute atomic E-state index is 6.22. The molecule has 0 N–H and O–H groups in total. The molecule has 0 amide bonds. The van der Waals surface area contributed by atoms with E-state index < -0.39 is 0 Å². The lowest BCUT2D eigenvalue weighted by molar-refractivity contribution is 0.713. The van der Waals surface area contributed by atoms with Gasteiger partial charge >= 0.3 is 0 Å². The molecule has 0 fully saturated rings. The first kappa shape index (κ1) is 14.9. The summed E-state index contributed by atoms with van der Waals surface area (Å²) in [5, 5.41) is 0.838. The number of hydrogen-bond acceptors (Lipinski definition) is 1. The minimum absolute atomic E-state index is 0.838. The second kappa shape index (κ2) is 7.32. The van der Waals surface area contributed by atoms with E-state index in [1.54, 1.807) is 0 Å². The SMILES string of the molecule is Clc1ccccc1CBc1nccn1CCc1ccccc1. The molecule has 0 radical (unpaired) electrons. The number of aromatic nitrogens is 2. The van der Waals surface area contributed by atoms with Crippen molar-refractivity contribution < 1.29 is 0 Å². The third-order valence-corrected chi connectivity index (χ3v) is 4.23. The van der Waals surface area contributed by atoms with Crippen molar-refractivity contribution in [1.29, 1.82) is 0 Å². The largest absolute Gasteiger partial charge is 0.343 e. The van der Waals surface area contributed by atoms with E-state index in [4.69, 9.17) is 11.6 Å². The van der Waals surface area contributed by atoms with Gasteiger partial charge in [-0.3, -0.25) is 4.98 Å². The van der Waals surface area contributed by atoms with E-state index in [0.29, 0.717) is 0 Å². The van der Waals surface area contributed by atoms with Gasteiger partial charge in [0.1, 0.15) is 0 Å². The van der Waals surface area contributed by atoms with Gasteiger partial charge in [-0.1, -0.05) is 60.1 Å². The molecule has 4 heteroatoms. The summed E-state index contributed by atoms with van der Waals surface area (Å²) in [5.74, 6) is 0. The molecule has 0 saturated carbocycles. The lowest BCUT2D eigenvalue weighted by Crippen LogP contribution is -2.28. The van der Waals surface area contributed by atoms with E-state index in [9.17, 15) is 0 Å². The van der Waals surface area contributed by atoms with Crippen molar-refractivity contribution in [3.05, 3.63) is 83.1 Å². The summed E-state index contributed by atoms with van der Waals surface area (Å²) in [4.78, 5) is 4.49. The molecule has 0 aliphatic carbocycles. The highest BCUT2D eigenvalue weighted by atomic mass is 35.5. The van der Waals surface area contributed by atoms with E-state index in [-0.39, 0.29) is 0 Å². The average Bonchev–Trinajstić information content (AvgIpc) is 3.01. The average molecular weight is 309 g/mol. The van der Waals surface area contributed by atoms with Crippen LogP contribution in [0.4, 0.5) is 0 Å². The Balaban J connectivity index is 1.61. The van der Waals surface area contributed by atoms with E-state index >= 15 is 0 Å². The summed E-state index contributed by atoms with van der Waals surface area (Å²) < 4.78 is 2.24. The monoisotopic (exact) mass is 308 g/mol. The summed E-state index contributed by atoms with van der Waals surface area (Å²) >= 11 is 6.22. The van der Waals surface area contributed by atoms with Gasteiger partial charge in [0, 0.05) is 24.0 Å². The van der Waals surface area contributed by atoms with Gasteiger partial charge in [-0.05, 0) is 29.9 Å². The second-order valence-electron chi connectivity index (χ2n) is 5.36. The summed E-state index contributed by atoms with van der Waals surface area (Å²) in [6, 6.07) is 18.6. The predicted molar refractivity (Wildman–Crippen MR) is 94.3 cm³/mol. The number of imidazole rings is 1. The van der Waals surface area contributed by atoms with Crippen LogP contribution >= 0.6 is 11.6 Å². The molecule has 1 heterocycles. The maximum atomic E-state index is 6.22. The minimum Gasteiger partial charge on any atom is -0.343 e. The van der Waals surface area contributed by atoms with Crippen LogP contribution in [-0.4, -0.2) is 16.8 Å². The zero-order chi connectivity index (χ0) is 15.2. The van der Waals surface area contributed by atoms with E-state index in [1.807, 2.05) is 24.4 Å². The Labute approximate surface area is 137 Å². The molecule has 0 aliphatic heterocycles. The molecule has 2 nitrogen and oxygen atoms in total. The molecular formula is C18H18BClN2. The van der Waals surface area contributed by atoms with Crippen molar-refractivity contribution in [2.75, 3.05) is 0 Å². The van der Waals surface area contributed by atoms with E-state index in [0.717, 1.165) is 37.3 Å². The number of nitrogens with zero attached hydrogens (tertiary/aromatic N) is 2. The molecule has 2 aromatic carbocycles. The van der Waals surface area contributed by atoms with Crippen LogP contribution in [0.1, 0.15) is 11.1 Å². The molecule has 0 saturated heterocycles. The third kappa shape index (κ3) is 3.80. The van der Waals surface area contributed by atoms with E-state index in [1.165, 1.54) is 11.1 Å². The molecule has 1 aromatic heterocycles. The molecule has 0 spiro atoms. The summed E-state index contributed by atoms with van der Waals surface area (Å²) in [5.41, 5.74) is 3.66. The molecule has 110 valence electrons. The van der Waals surface area contributed by atoms with Crippen LogP contribution in [0.2, 0.25) is 5.02 Å². The van der Waals surface area contributed by atoms with E-state index in [2.05, 4.69) is 52.1 Å². The molecule has 0 aliphatic rings. The molecule has 0 bridgehead atoms. The van der Waals surface area contributed by atoms with Gasteiger partial charge in [-0.2, -0.15) is 0 Å². The first-order chi connectivity index (χ1) is 10.8. The van der Waals surface area contributed by atoms with Crippen molar-refractivity contribution in [2.24, 2.45) is 0 Å². The van der Waals surface area contributed by atoms with Gasteiger partial charge in [-0.25, -0.2) is 0 Å².